The summed E-state index contributed by atoms with van der Waals surface area (Å²) in [6, 6.07) is 11.4. The fraction of sp³-hybridized carbons (Fsp3) is 0.250. The summed E-state index contributed by atoms with van der Waals surface area (Å²) >= 11 is 0. The van der Waals surface area contributed by atoms with E-state index in [0.717, 1.165) is 17.4 Å². The lowest BCUT2D eigenvalue weighted by Gasteiger charge is -2.12. The molecule has 0 spiro atoms. The van der Waals surface area contributed by atoms with Gasteiger partial charge in [0.05, 0.1) is 7.11 Å². The molecule has 0 aliphatic heterocycles. The number of nitrogens with two attached hydrogens (primary N) is 1. The van der Waals surface area contributed by atoms with Crippen molar-refractivity contribution in [3.8, 4) is 5.75 Å². The molecule has 0 bridgehead atoms. The van der Waals surface area contributed by atoms with Gasteiger partial charge in [-0.3, -0.25) is 0 Å². The van der Waals surface area contributed by atoms with Crippen LogP contribution in [0.25, 0.3) is 0 Å². The molecule has 2 aromatic rings. The Morgan fingerprint density at radius 1 is 0.950 bits per heavy atom. The normalized spacial score (nSPS) is 12.2. The molecular weight excluding hydrogens is 260 g/mol. The number of rotatable bonds is 5. The second kappa shape index (κ2) is 6.48. The van der Waals surface area contributed by atoms with E-state index < -0.39 is 11.6 Å². The maximum Gasteiger partial charge on any atom is 0.159 e. The molecule has 2 N–H and O–H groups in total. The van der Waals surface area contributed by atoms with Crippen molar-refractivity contribution in [1.29, 1.82) is 0 Å². The maximum absolute atomic E-state index is 13.1. The van der Waals surface area contributed by atoms with Crippen molar-refractivity contribution in [2.24, 2.45) is 5.73 Å². The van der Waals surface area contributed by atoms with E-state index >= 15 is 0 Å². The highest BCUT2D eigenvalue weighted by atomic mass is 19.2. The van der Waals surface area contributed by atoms with Crippen LogP contribution in [0.2, 0.25) is 0 Å². The van der Waals surface area contributed by atoms with Crippen molar-refractivity contribution in [2.45, 2.75) is 18.9 Å². The van der Waals surface area contributed by atoms with E-state index in [-0.39, 0.29) is 6.04 Å². The highest BCUT2D eigenvalue weighted by molar-refractivity contribution is 5.28. The van der Waals surface area contributed by atoms with E-state index in [4.69, 9.17) is 10.5 Å². The van der Waals surface area contributed by atoms with Gasteiger partial charge in [0.1, 0.15) is 5.75 Å². The Hall–Kier alpha value is -1.94. The number of benzene rings is 2. The minimum Gasteiger partial charge on any atom is -0.497 e. The molecule has 0 aliphatic carbocycles. The molecule has 0 amide bonds. The van der Waals surface area contributed by atoms with Gasteiger partial charge in [0.25, 0.3) is 0 Å². The van der Waals surface area contributed by atoms with Gasteiger partial charge in [-0.2, -0.15) is 0 Å². The van der Waals surface area contributed by atoms with Crippen LogP contribution in [0, 0.1) is 11.6 Å². The largest absolute Gasteiger partial charge is 0.497 e. The molecular formula is C16H17F2NO. The van der Waals surface area contributed by atoms with Crippen LogP contribution in [0.5, 0.6) is 5.75 Å². The third-order valence-corrected chi connectivity index (χ3v) is 3.14. The zero-order chi connectivity index (χ0) is 14.5. The van der Waals surface area contributed by atoms with Gasteiger partial charge in [0.15, 0.2) is 11.6 Å². The Kier molecular flexibility index (Phi) is 4.69. The molecule has 0 saturated carbocycles. The molecule has 106 valence electrons. The topological polar surface area (TPSA) is 35.2 Å². The van der Waals surface area contributed by atoms with Gasteiger partial charge in [-0.1, -0.05) is 18.2 Å². The Morgan fingerprint density at radius 2 is 1.55 bits per heavy atom. The monoisotopic (exact) mass is 277 g/mol. The second-order valence-electron chi connectivity index (χ2n) is 4.76. The van der Waals surface area contributed by atoms with E-state index in [1.165, 1.54) is 6.07 Å². The van der Waals surface area contributed by atoms with Crippen molar-refractivity contribution >= 4 is 0 Å². The lowest BCUT2D eigenvalue weighted by molar-refractivity contribution is 0.414. The van der Waals surface area contributed by atoms with Crippen LogP contribution >= 0.6 is 0 Å². The predicted octanol–water partition coefficient (Wildman–Crippen LogP) is 3.09. The third-order valence-electron chi connectivity index (χ3n) is 3.14. The number of hydrogen-bond acceptors (Lipinski definition) is 2. The van der Waals surface area contributed by atoms with Crippen molar-refractivity contribution < 1.29 is 13.5 Å². The molecule has 2 rings (SSSR count). The summed E-state index contributed by atoms with van der Waals surface area (Å²) in [6.07, 6.45) is 1.17. The fourth-order valence-corrected chi connectivity index (χ4v) is 2.11. The molecule has 0 saturated heterocycles. The number of hydrogen-bond donors (Lipinski definition) is 1. The minimum atomic E-state index is -0.836. The standard InChI is InChI=1S/C16H17F2NO/c1-20-14-5-2-11(3-6-14)8-13(19)9-12-4-7-15(17)16(18)10-12/h2-7,10,13H,8-9,19H2,1H3. The Morgan fingerprint density at radius 3 is 2.15 bits per heavy atom. The van der Waals surface area contributed by atoms with Crippen molar-refractivity contribution in [2.75, 3.05) is 7.11 Å². The average Bonchev–Trinajstić information content (AvgIpc) is 2.44. The van der Waals surface area contributed by atoms with Gasteiger partial charge < -0.3 is 10.5 Å². The molecule has 0 fully saturated rings. The van der Waals surface area contributed by atoms with E-state index in [0.29, 0.717) is 18.4 Å². The quantitative estimate of drug-likeness (QED) is 0.911. The first kappa shape index (κ1) is 14.5. The SMILES string of the molecule is COc1ccc(CC(N)Cc2ccc(F)c(F)c2)cc1. The molecule has 1 atom stereocenters. The number of ether oxygens (including phenoxy) is 1. The van der Waals surface area contributed by atoms with Gasteiger partial charge in [-0.15, -0.1) is 0 Å². The van der Waals surface area contributed by atoms with Crippen LogP contribution in [0.3, 0.4) is 0 Å². The fourth-order valence-electron chi connectivity index (χ4n) is 2.11. The summed E-state index contributed by atoms with van der Waals surface area (Å²) in [5, 5.41) is 0. The summed E-state index contributed by atoms with van der Waals surface area (Å²) < 4.78 is 31.0. The molecule has 0 radical (unpaired) electrons. The van der Waals surface area contributed by atoms with Crippen LogP contribution in [-0.4, -0.2) is 13.2 Å². The van der Waals surface area contributed by atoms with Crippen LogP contribution in [-0.2, 0) is 12.8 Å². The second-order valence-corrected chi connectivity index (χ2v) is 4.76. The van der Waals surface area contributed by atoms with Gasteiger partial charge in [-0.25, -0.2) is 8.78 Å². The van der Waals surface area contributed by atoms with Gasteiger partial charge in [0, 0.05) is 6.04 Å². The van der Waals surface area contributed by atoms with Crippen LogP contribution in [0.4, 0.5) is 8.78 Å². The molecule has 20 heavy (non-hydrogen) atoms. The maximum atomic E-state index is 13.1. The van der Waals surface area contributed by atoms with Crippen LogP contribution < -0.4 is 10.5 Å². The first-order chi connectivity index (χ1) is 9.58. The van der Waals surface area contributed by atoms with E-state index in [1.807, 2.05) is 24.3 Å². The average molecular weight is 277 g/mol. The van der Waals surface area contributed by atoms with Gasteiger partial charge in [-0.05, 0) is 48.2 Å². The zero-order valence-corrected chi connectivity index (χ0v) is 11.3. The van der Waals surface area contributed by atoms with Crippen LogP contribution in [0.1, 0.15) is 11.1 Å². The first-order valence-corrected chi connectivity index (χ1v) is 6.41. The molecule has 0 aliphatic rings. The van der Waals surface area contributed by atoms with Crippen LogP contribution in [0.15, 0.2) is 42.5 Å². The lowest BCUT2D eigenvalue weighted by atomic mass is 9.99. The van der Waals surface area contributed by atoms with Gasteiger partial charge >= 0.3 is 0 Å². The van der Waals surface area contributed by atoms with Crippen molar-refractivity contribution in [3.05, 3.63) is 65.2 Å². The Bertz CT molecular complexity index is 569. The summed E-state index contributed by atoms with van der Waals surface area (Å²) in [6.45, 7) is 0. The van der Waals surface area contributed by atoms with E-state index in [9.17, 15) is 8.78 Å². The summed E-state index contributed by atoms with van der Waals surface area (Å²) in [7, 11) is 1.61. The summed E-state index contributed by atoms with van der Waals surface area (Å²) in [5.41, 5.74) is 7.83. The number of methoxy groups -OCH3 is 1. The van der Waals surface area contributed by atoms with E-state index in [1.54, 1.807) is 13.2 Å². The minimum absolute atomic E-state index is 0.145. The molecule has 2 aromatic carbocycles. The van der Waals surface area contributed by atoms with Crippen molar-refractivity contribution in [3.63, 3.8) is 0 Å². The zero-order valence-electron chi connectivity index (χ0n) is 11.3. The Labute approximate surface area is 117 Å². The summed E-state index contributed by atoms with van der Waals surface area (Å²) in [4.78, 5) is 0. The molecule has 1 unspecified atom stereocenters. The highest BCUT2D eigenvalue weighted by Crippen LogP contribution is 2.15. The lowest BCUT2D eigenvalue weighted by Crippen LogP contribution is -2.25. The molecule has 0 heterocycles. The van der Waals surface area contributed by atoms with Gasteiger partial charge in [0.2, 0.25) is 0 Å². The molecule has 4 heteroatoms. The number of halogens is 2. The predicted molar refractivity (Wildman–Crippen MR) is 74.7 cm³/mol. The van der Waals surface area contributed by atoms with Crippen molar-refractivity contribution in [1.82, 2.24) is 0 Å². The molecule has 0 aromatic heterocycles. The summed E-state index contributed by atoms with van der Waals surface area (Å²) in [5.74, 6) is -0.875. The van der Waals surface area contributed by atoms with E-state index in [2.05, 4.69) is 0 Å². The smallest absolute Gasteiger partial charge is 0.159 e. The molecule has 2 nitrogen and oxygen atoms in total. The first-order valence-electron chi connectivity index (χ1n) is 6.41. The third kappa shape index (κ3) is 3.78. The Balaban J connectivity index is 1.97. The highest BCUT2D eigenvalue weighted by Gasteiger charge is 2.08.